The van der Waals surface area contributed by atoms with Crippen LogP contribution >= 0.6 is 11.3 Å². The summed E-state index contributed by atoms with van der Waals surface area (Å²) in [5.41, 5.74) is 3.54. The average molecular weight is 365 g/mol. The third-order valence-corrected chi connectivity index (χ3v) is 4.99. The molecule has 0 amide bonds. The van der Waals surface area contributed by atoms with Crippen molar-refractivity contribution in [2.45, 2.75) is 13.8 Å². The molecule has 0 aliphatic heterocycles. The van der Waals surface area contributed by atoms with Crippen molar-refractivity contribution in [3.63, 3.8) is 0 Å². The molecule has 1 N–H and O–H groups in total. The predicted molar refractivity (Wildman–Crippen MR) is 105 cm³/mol. The Kier molecular flexibility index (Phi) is 5.19. The summed E-state index contributed by atoms with van der Waals surface area (Å²) in [5, 5.41) is 0. The number of hydrogen-bond donors (Lipinski definition) is 1. The van der Waals surface area contributed by atoms with Crippen molar-refractivity contribution in [2.75, 3.05) is 7.11 Å². The van der Waals surface area contributed by atoms with Gasteiger partial charge in [-0.25, -0.2) is 0 Å². The van der Waals surface area contributed by atoms with Crippen molar-refractivity contribution in [1.82, 2.24) is 4.98 Å². The van der Waals surface area contributed by atoms with E-state index < -0.39 is 0 Å². The van der Waals surface area contributed by atoms with Crippen molar-refractivity contribution >= 4 is 29.3 Å². The number of Topliss-reactive ketones (excluding diaryl/α,β-unsaturated/α-hetero) is 1. The van der Waals surface area contributed by atoms with Crippen LogP contribution in [0, 0.1) is 13.8 Å². The zero-order valence-corrected chi connectivity index (χ0v) is 15.6. The summed E-state index contributed by atoms with van der Waals surface area (Å²) < 4.78 is 6.30. The number of benzene rings is 2. The Balaban J connectivity index is 2.02. The lowest BCUT2D eigenvalue weighted by atomic mass is 10.1. The van der Waals surface area contributed by atoms with Crippen molar-refractivity contribution in [3.8, 4) is 5.75 Å². The summed E-state index contributed by atoms with van der Waals surface area (Å²) in [7, 11) is 1.52. The fourth-order valence-electron chi connectivity index (χ4n) is 2.70. The molecule has 1 heterocycles. The highest BCUT2D eigenvalue weighted by Gasteiger charge is 2.09. The van der Waals surface area contributed by atoms with Crippen LogP contribution in [0.1, 0.15) is 27.0 Å². The molecule has 2 aromatic carbocycles. The number of aromatic nitrogens is 1. The molecule has 132 valence electrons. The number of carbonyl (C=O) groups is 1. The quantitative estimate of drug-likeness (QED) is 0.723. The van der Waals surface area contributed by atoms with Gasteiger partial charge in [0.15, 0.2) is 5.78 Å². The SMILES string of the molecule is COc1ccccc1C(=O)/C=c1\[nH]c(=O)/c(=C\c2ccc(C)cc2C)s1. The van der Waals surface area contributed by atoms with E-state index in [0.717, 1.165) is 11.1 Å². The summed E-state index contributed by atoms with van der Waals surface area (Å²) in [4.78, 5) is 27.5. The third kappa shape index (κ3) is 3.83. The predicted octanol–water partition coefficient (Wildman–Crippen LogP) is 2.55. The number of ether oxygens (including phenoxy) is 1. The van der Waals surface area contributed by atoms with Gasteiger partial charge in [0.1, 0.15) is 5.75 Å². The number of aryl methyl sites for hydroxylation is 2. The number of carbonyl (C=O) groups excluding carboxylic acids is 1. The zero-order valence-electron chi connectivity index (χ0n) is 14.8. The van der Waals surface area contributed by atoms with Gasteiger partial charge in [0.05, 0.1) is 21.9 Å². The molecule has 5 heteroatoms. The topological polar surface area (TPSA) is 59.2 Å². The van der Waals surface area contributed by atoms with E-state index in [1.807, 2.05) is 32.1 Å². The lowest BCUT2D eigenvalue weighted by Crippen LogP contribution is -2.20. The van der Waals surface area contributed by atoms with Crippen LogP contribution in [0.2, 0.25) is 0 Å². The first-order valence-corrected chi connectivity index (χ1v) is 8.97. The molecule has 0 bridgehead atoms. The Morgan fingerprint density at radius 1 is 1.15 bits per heavy atom. The fraction of sp³-hybridized carbons (Fsp3) is 0.143. The van der Waals surface area contributed by atoms with Gasteiger partial charge in [0.25, 0.3) is 5.56 Å². The summed E-state index contributed by atoms with van der Waals surface area (Å²) in [5.74, 6) is 0.299. The van der Waals surface area contributed by atoms with Crippen molar-refractivity contribution in [2.24, 2.45) is 0 Å². The van der Waals surface area contributed by atoms with Crippen LogP contribution in [-0.4, -0.2) is 17.9 Å². The molecule has 26 heavy (non-hydrogen) atoms. The van der Waals surface area contributed by atoms with Crippen molar-refractivity contribution < 1.29 is 9.53 Å². The van der Waals surface area contributed by atoms with Crippen molar-refractivity contribution in [3.05, 3.63) is 84.3 Å². The number of ketones is 1. The van der Waals surface area contributed by atoms with Crippen LogP contribution in [-0.2, 0) is 0 Å². The molecule has 3 aromatic rings. The zero-order chi connectivity index (χ0) is 18.7. The smallest absolute Gasteiger partial charge is 0.266 e. The van der Waals surface area contributed by atoms with Gasteiger partial charge in [-0.1, -0.05) is 35.9 Å². The number of para-hydroxylation sites is 1. The molecule has 1 aromatic heterocycles. The van der Waals surface area contributed by atoms with E-state index in [4.69, 9.17) is 4.74 Å². The highest BCUT2D eigenvalue weighted by molar-refractivity contribution is 7.07. The Bertz CT molecular complexity index is 1140. The van der Waals surface area contributed by atoms with Crippen LogP contribution in [0.3, 0.4) is 0 Å². The normalized spacial score (nSPS) is 12.4. The molecule has 0 atom stereocenters. The first-order chi connectivity index (χ1) is 12.5. The molecule has 0 unspecified atom stereocenters. The molecule has 0 saturated carbocycles. The van der Waals surface area contributed by atoms with E-state index in [0.29, 0.717) is 20.5 Å². The van der Waals surface area contributed by atoms with Crippen molar-refractivity contribution in [1.29, 1.82) is 0 Å². The summed E-state index contributed by atoms with van der Waals surface area (Å²) in [6.45, 7) is 4.05. The summed E-state index contributed by atoms with van der Waals surface area (Å²) >= 11 is 1.26. The van der Waals surface area contributed by atoms with E-state index in [-0.39, 0.29) is 11.3 Å². The minimum Gasteiger partial charge on any atom is -0.496 e. The van der Waals surface area contributed by atoms with Crippen LogP contribution < -0.4 is 19.5 Å². The van der Waals surface area contributed by atoms with E-state index in [2.05, 4.69) is 11.1 Å². The minimum absolute atomic E-state index is 0.200. The Hall–Kier alpha value is -2.92. The van der Waals surface area contributed by atoms with Gasteiger partial charge in [-0.3, -0.25) is 9.59 Å². The first kappa shape index (κ1) is 17.9. The summed E-state index contributed by atoms with van der Waals surface area (Å²) in [6.07, 6.45) is 3.28. The van der Waals surface area contributed by atoms with Gasteiger partial charge < -0.3 is 9.72 Å². The minimum atomic E-state index is -0.210. The summed E-state index contributed by atoms with van der Waals surface area (Å²) in [6, 6.07) is 13.1. The Morgan fingerprint density at radius 3 is 2.65 bits per heavy atom. The van der Waals surface area contributed by atoms with Crippen LogP contribution in [0.5, 0.6) is 5.75 Å². The first-order valence-electron chi connectivity index (χ1n) is 8.15. The maximum absolute atomic E-state index is 12.5. The highest BCUT2D eigenvalue weighted by Crippen LogP contribution is 2.18. The number of H-pyrrole nitrogens is 1. The van der Waals surface area contributed by atoms with E-state index >= 15 is 0 Å². The van der Waals surface area contributed by atoms with Gasteiger partial charge in [-0.2, -0.15) is 0 Å². The lowest BCUT2D eigenvalue weighted by Gasteiger charge is -2.03. The van der Waals surface area contributed by atoms with Crippen LogP contribution in [0.4, 0.5) is 0 Å². The van der Waals surface area contributed by atoms with E-state index in [1.165, 1.54) is 30.1 Å². The molecule has 4 nitrogen and oxygen atoms in total. The van der Waals surface area contributed by atoms with Gasteiger partial charge in [-0.05, 0) is 43.2 Å². The maximum atomic E-state index is 12.5. The molecule has 0 aliphatic carbocycles. The van der Waals surface area contributed by atoms with E-state index in [9.17, 15) is 9.59 Å². The fourth-order valence-corrected chi connectivity index (χ4v) is 3.57. The number of aromatic amines is 1. The number of thiazole rings is 1. The molecule has 0 fully saturated rings. The monoisotopic (exact) mass is 365 g/mol. The largest absolute Gasteiger partial charge is 0.496 e. The second kappa shape index (κ2) is 7.54. The van der Waals surface area contributed by atoms with Crippen LogP contribution in [0.15, 0.2) is 47.3 Å². The molecular weight excluding hydrogens is 346 g/mol. The number of nitrogens with one attached hydrogen (secondary N) is 1. The van der Waals surface area contributed by atoms with E-state index in [1.54, 1.807) is 24.3 Å². The molecule has 0 spiro atoms. The number of methoxy groups -OCH3 is 1. The third-order valence-electron chi connectivity index (χ3n) is 4.03. The lowest BCUT2D eigenvalue weighted by molar-refractivity contribution is 0.105. The number of hydrogen-bond acceptors (Lipinski definition) is 4. The second-order valence-corrected chi connectivity index (χ2v) is 7.08. The number of rotatable bonds is 4. The van der Waals surface area contributed by atoms with Gasteiger partial charge in [0.2, 0.25) is 0 Å². The second-order valence-electron chi connectivity index (χ2n) is 6.00. The van der Waals surface area contributed by atoms with Gasteiger partial charge in [0, 0.05) is 6.08 Å². The molecule has 0 radical (unpaired) electrons. The Morgan fingerprint density at radius 2 is 1.92 bits per heavy atom. The van der Waals surface area contributed by atoms with Gasteiger partial charge in [-0.15, -0.1) is 11.3 Å². The molecule has 3 rings (SSSR count). The highest BCUT2D eigenvalue weighted by atomic mass is 32.1. The van der Waals surface area contributed by atoms with Crippen LogP contribution in [0.25, 0.3) is 12.2 Å². The molecule has 0 saturated heterocycles. The molecule has 0 aliphatic rings. The average Bonchev–Trinajstić information content (AvgIpc) is 2.96. The Labute approximate surface area is 155 Å². The molecular formula is C21H19NO3S. The maximum Gasteiger partial charge on any atom is 0.266 e. The van der Waals surface area contributed by atoms with Gasteiger partial charge >= 0.3 is 0 Å². The standard InChI is InChI=1S/C21H19NO3S/c1-13-8-9-15(14(2)10-13)11-19-21(24)22-20(26-19)12-17(23)16-6-4-5-7-18(16)25-3/h4-12H,1-3H3,(H,22,24)/b19-11+,20-12+.